The largest absolute Gasteiger partial charge is 0.309 e. The average Bonchev–Trinajstić information content (AvgIpc) is 3.79. The Hall–Kier alpha value is -7.70. The molecule has 11 rings (SSSR count). The van der Waals surface area contributed by atoms with Gasteiger partial charge in [0.05, 0.1) is 22.1 Å². The van der Waals surface area contributed by atoms with Crippen LogP contribution in [0.25, 0.3) is 100 Å². The molecule has 0 unspecified atom stereocenters. The van der Waals surface area contributed by atoms with E-state index in [4.69, 9.17) is 15.0 Å². The van der Waals surface area contributed by atoms with E-state index in [1.54, 1.807) is 0 Å². The summed E-state index contributed by atoms with van der Waals surface area (Å²) in [6.07, 6.45) is 3.69. The number of aromatic nitrogens is 6. The molecular weight excluding hydrogens is 685 g/mol. The molecule has 0 radical (unpaired) electrons. The van der Waals surface area contributed by atoms with Crippen LogP contribution in [0.1, 0.15) is 0 Å². The summed E-state index contributed by atoms with van der Waals surface area (Å²) in [4.78, 5) is 19.3. The number of rotatable bonds is 6. The van der Waals surface area contributed by atoms with Crippen molar-refractivity contribution in [2.24, 2.45) is 0 Å². The Morgan fingerprint density at radius 2 is 0.732 bits per heavy atom. The molecule has 4 aromatic heterocycles. The van der Waals surface area contributed by atoms with Crippen LogP contribution in [0.2, 0.25) is 0 Å². The lowest BCUT2D eigenvalue weighted by atomic mass is 9.98. The summed E-state index contributed by atoms with van der Waals surface area (Å²) in [5.74, 6) is 1.85. The number of para-hydroxylation sites is 2. The summed E-state index contributed by atoms with van der Waals surface area (Å²) >= 11 is 0. The standard InChI is InChI=1S/C50H32N6/c1-3-11-35(12-4-1)48-52-49(36-13-5-2-6-14-36)54-50(53-48)56-45-18-10-8-16-41(45)43-32-38(24-26-47(43)56)34-21-19-33(20-22-34)37-23-25-46-42(31-37)40-15-7-9-17-44(40)55(46)39-27-29-51-30-28-39/h1-32H. The maximum absolute atomic E-state index is 5.08. The monoisotopic (exact) mass is 716 g/mol. The first-order chi connectivity index (χ1) is 27.8. The van der Waals surface area contributed by atoms with Crippen molar-refractivity contribution in [3.63, 3.8) is 0 Å². The van der Waals surface area contributed by atoms with E-state index in [0.29, 0.717) is 17.6 Å². The summed E-state index contributed by atoms with van der Waals surface area (Å²) in [5.41, 5.74) is 12.1. The fourth-order valence-corrected chi connectivity index (χ4v) is 8.04. The van der Waals surface area contributed by atoms with Crippen molar-refractivity contribution in [3.05, 3.63) is 194 Å². The number of pyridine rings is 1. The second-order valence-electron chi connectivity index (χ2n) is 14.0. The molecule has 0 aliphatic rings. The lowest BCUT2D eigenvalue weighted by molar-refractivity contribution is 0.953. The van der Waals surface area contributed by atoms with Crippen LogP contribution >= 0.6 is 0 Å². The third-order valence-corrected chi connectivity index (χ3v) is 10.7. The van der Waals surface area contributed by atoms with Crippen molar-refractivity contribution in [1.82, 2.24) is 29.1 Å². The van der Waals surface area contributed by atoms with Crippen LogP contribution in [-0.4, -0.2) is 29.1 Å². The van der Waals surface area contributed by atoms with Crippen molar-refractivity contribution < 1.29 is 0 Å². The SMILES string of the molecule is c1ccc(-c2nc(-c3ccccc3)nc(-n3c4ccccc4c4cc(-c5ccc(-c6ccc7c(c6)c6ccccc6n7-c6ccncc6)cc5)ccc43)n2)cc1. The summed E-state index contributed by atoms with van der Waals surface area (Å²) < 4.78 is 4.48. The van der Waals surface area contributed by atoms with E-state index >= 15 is 0 Å². The van der Waals surface area contributed by atoms with E-state index in [1.165, 1.54) is 32.9 Å². The second-order valence-corrected chi connectivity index (χ2v) is 14.0. The van der Waals surface area contributed by atoms with Gasteiger partial charge in [0.1, 0.15) is 0 Å². The summed E-state index contributed by atoms with van der Waals surface area (Å²) in [5, 5.41) is 4.74. The van der Waals surface area contributed by atoms with Crippen LogP contribution < -0.4 is 0 Å². The van der Waals surface area contributed by atoms with Gasteiger partial charge in [-0.1, -0.05) is 133 Å². The minimum absolute atomic E-state index is 0.585. The first-order valence-corrected chi connectivity index (χ1v) is 18.7. The van der Waals surface area contributed by atoms with E-state index in [2.05, 4.69) is 135 Å². The van der Waals surface area contributed by atoms with Gasteiger partial charge in [0.2, 0.25) is 5.95 Å². The Morgan fingerprint density at radius 3 is 1.27 bits per heavy atom. The highest BCUT2D eigenvalue weighted by atomic mass is 15.2. The van der Waals surface area contributed by atoms with Crippen LogP contribution in [-0.2, 0) is 0 Å². The molecule has 0 fully saturated rings. The van der Waals surface area contributed by atoms with Crippen molar-refractivity contribution >= 4 is 43.6 Å². The van der Waals surface area contributed by atoms with Crippen LogP contribution in [0.4, 0.5) is 0 Å². The molecule has 0 spiro atoms. The second kappa shape index (κ2) is 13.0. The fourth-order valence-electron chi connectivity index (χ4n) is 8.04. The minimum atomic E-state index is 0.585. The van der Waals surface area contributed by atoms with Gasteiger partial charge in [0, 0.05) is 50.8 Å². The van der Waals surface area contributed by atoms with E-state index < -0.39 is 0 Å². The number of hydrogen-bond donors (Lipinski definition) is 0. The van der Waals surface area contributed by atoms with Gasteiger partial charge in [-0.2, -0.15) is 9.97 Å². The van der Waals surface area contributed by atoms with E-state index in [1.807, 2.05) is 73.1 Å². The van der Waals surface area contributed by atoms with Crippen molar-refractivity contribution in [1.29, 1.82) is 0 Å². The highest BCUT2D eigenvalue weighted by Gasteiger charge is 2.19. The Balaban J connectivity index is 1.000. The smallest absolute Gasteiger partial charge is 0.238 e. The predicted molar refractivity (Wildman–Crippen MR) is 228 cm³/mol. The topological polar surface area (TPSA) is 61.4 Å². The normalized spacial score (nSPS) is 11.6. The molecule has 6 nitrogen and oxygen atoms in total. The third-order valence-electron chi connectivity index (χ3n) is 10.7. The van der Waals surface area contributed by atoms with Crippen molar-refractivity contribution in [3.8, 4) is 56.7 Å². The van der Waals surface area contributed by atoms with Crippen molar-refractivity contribution in [2.45, 2.75) is 0 Å². The lowest BCUT2D eigenvalue weighted by Crippen LogP contribution is -2.06. The van der Waals surface area contributed by atoms with Gasteiger partial charge in [-0.05, 0) is 70.8 Å². The molecule has 7 aromatic carbocycles. The first-order valence-electron chi connectivity index (χ1n) is 18.7. The quantitative estimate of drug-likeness (QED) is 0.172. The molecular formula is C50H32N6. The van der Waals surface area contributed by atoms with Gasteiger partial charge >= 0.3 is 0 Å². The Labute approximate surface area is 322 Å². The Kier molecular flexibility index (Phi) is 7.38. The number of hydrogen-bond acceptors (Lipinski definition) is 4. The molecule has 262 valence electrons. The Bertz CT molecular complexity index is 3160. The van der Waals surface area contributed by atoms with E-state index in [-0.39, 0.29) is 0 Å². The maximum Gasteiger partial charge on any atom is 0.238 e. The van der Waals surface area contributed by atoms with E-state index in [0.717, 1.165) is 49.7 Å². The van der Waals surface area contributed by atoms with Gasteiger partial charge < -0.3 is 4.57 Å². The molecule has 0 atom stereocenters. The first kappa shape index (κ1) is 31.8. The molecule has 0 amide bonds. The molecule has 0 aliphatic carbocycles. The summed E-state index contributed by atoms with van der Waals surface area (Å²) in [7, 11) is 0. The number of fused-ring (bicyclic) bond motifs is 6. The van der Waals surface area contributed by atoms with Crippen molar-refractivity contribution in [2.75, 3.05) is 0 Å². The minimum Gasteiger partial charge on any atom is -0.309 e. The lowest BCUT2D eigenvalue weighted by Gasteiger charge is -2.11. The molecule has 11 aromatic rings. The Morgan fingerprint density at radius 1 is 0.304 bits per heavy atom. The zero-order valence-corrected chi connectivity index (χ0v) is 30.2. The highest BCUT2D eigenvalue weighted by molar-refractivity contribution is 6.11. The molecule has 0 N–H and O–H groups in total. The van der Waals surface area contributed by atoms with Crippen LogP contribution in [0.3, 0.4) is 0 Å². The van der Waals surface area contributed by atoms with Gasteiger partial charge in [-0.25, -0.2) is 4.98 Å². The molecule has 0 saturated carbocycles. The van der Waals surface area contributed by atoms with Gasteiger partial charge in [-0.15, -0.1) is 0 Å². The molecule has 0 bridgehead atoms. The fraction of sp³-hybridized carbons (Fsp3) is 0. The molecule has 6 heteroatoms. The van der Waals surface area contributed by atoms with Crippen LogP contribution in [0.15, 0.2) is 194 Å². The van der Waals surface area contributed by atoms with Crippen LogP contribution in [0, 0.1) is 0 Å². The number of benzene rings is 7. The zero-order chi connectivity index (χ0) is 37.0. The zero-order valence-electron chi connectivity index (χ0n) is 30.2. The average molecular weight is 717 g/mol. The predicted octanol–water partition coefficient (Wildman–Crippen LogP) is 12.1. The molecule has 0 saturated heterocycles. The van der Waals surface area contributed by atoms with Gasteiger partial charge in [-0.3, -0.25) is 9.55 Å². The molecule has 0 aliphatic heterocycles. The summed E-state index contributed by atoms with van der Waals surface area (Å²) in [6, 6.07) is 63.8. The maximum atomic E-state index is 5.08. The highest BCUT2D eigenvalue weighted by Crippen LogP contribution is 2.37. The summed E-state index contributed by atoms with van der Waals surface area (Å²) in [6.45, 7) is 0. The van der Waals surface area contributed by atoms with Gasteiger partial charge in [0.25, 0.3) is 0 Å². The van der Waals surface area contributed by atoms with Crippen LogP contribution in [0.5, 0.6) is 0 Å². The van der Waals surface area contributed by atoms with E-state index in [9.17, 15) is 0 Å². The molecule has 56 heavy (non-hydrogen) atoms. The number of nitrogens with zero attached hydrogens (tertiary/aromatic N) is 6. The van der Waals surface area contributed by atoms with Gasteiger partial charge in [0.15, 0.2) is 11.6 Å². The molecule has 4 heterocycles. The third kappa shape index (κ3) is 5.27.